The van der Waals surface area contributed by atoms with E-state index < -0.39 is 11.5 Å². The fourth-order valence-electron chi connectivity index (χ4n) is 1.13. The second-order valence-corrected chi connectivity index (χ2v) is 3.80. The van der Waals surface area contributed by atoms with Crippen LogP contribution in [0.5, 0.6) is 0 Å². The highest BCUT2D eigenvalue weighted by Crippen LogP contribution is 2.10. The minimum atomic E-state index is -0.951. The highest BCUT2D eigenvalue weighted by atomic mass is 16.5. The van der Waals surface area contributed by atoms with E-state index in [1.165, 1.54) is 0 Å². The summed E-state index contributed by atoms with van der Waals surface area (Å²) in [6.07, 6.45) is 1.16. The maximum atomic E-state index is 11.0. The molecule has 0 aliphatic heterocycles. The van der Waals surface area contributed by atoms with Gasteiger partial charge in [-0.05, 0) is 13.3 Å². The summed E-state index contributed by atoms with van der Waals surface area (Å²) >= 11 is 0. The quantitative estimate of drug-likeness (QED) is 0.753. The van der Waals surface area contributed by atoms with Gasteiger partial charge in [-0.3, -0.25) is 10.1 Å². The average Bonchev–Trinajstić information content (AvgIpc) is 2.73. The van der Waals surface area contributed by atoms with E-state index in [1.807, 2.05) is 13.8 Å². The van der Waals surface area contributed by atoms with E-state index in [4.69, 9.17) is 9.63 Å². The van der Waals surface area contributed by atoms with Crippen molar-refractivity contribution < 1.29 is 14.4 Å². The Labute approximate surface area is 94.0 Å². The number of carboxylic acids is 1. The van der Waals surface area contributed by atoms with Crippen molar-refractivity contribution in [3.05, 3.63) is 11.7 Å². The summed E-state index contributed by atoms with van der Waals surface area (Å²) in [7, 11) is 0. The third kappa shape index (κ3) is 2.79. The Morgan fingerprint density at radius 2 is 2.25 bits per heavy atom. The number of hydrogen-bond donors (Lipinski definition) is 2. The zero-order valence-corrected chi connectivity index (χ0v) is 9.78. The highest BCUT2D eigenvalue weighted by Gasteiger charge is 2.30. The number of nitrogens with one attached hydrogen (secondary N) is 1. The van der Waals surface area contributed by atoms with Crippen LogP contribution >= 0.6 is 0 Å². The standard InChI is InChI=1S/C10H17N3O3/c1-4-8-12-7(13-16-8)6-11-10(3,5-2)9(14)15/h11H,4-6H2,1-3H3,(H,14,15). The predicted molar refractivity (Wildman–Crippen MR) is 56.8 cm³/mol. The molecule has 0 spiro atoms. The molecular weight excluding hydrogens is 210 g/mol. The van der Waals surface area contributed by atoms with E-state index in [2.05, 4.69) is 15.5 Å². The van der Waals surface area contributed by atoms with Crippen molar-refractivity contribution in [3.63, 3.8) is 0 Å². The number of hydrogen-bond acceptors (Lipinski definition) is 5. The van der Waals surface area contributed by atoms with Crippen LogP contribution in [-0.2, 0) is 17.8 Å². The molecule has 1 aromatic heterocycles. The average molecular weight is 227 g/mol. The molecule has 2 N–H and O–H groups in total. The van der Waals surface area contributed by atoms with Gasteiger partial charge in [0, 0.05) is 6.42 Å². The first-order chi connectivity index (χ1) is 7.51. The summed E-state index contributed by atoms with van der Waals surface area (Å²) < 4.78 is 4.92. The zero-order chi connectivity index (χ0) is 12.2. The van der Waals surface area contributed by atoms with Gasteiger partial charge in [0.25, 0.3) is 0 Å². The summed E-state index contributed by atoms with van der Waals surface area (Å²) in [6, 6.07) is 0. The minimum absolute atomic E-state index is 0.292. The number of rotatable bonds is 6. The fraction of sp³-hybridized carbons (Fsp3) is 0.700. The Hall–Kier alpha value is -1.43. The van der Waals surface area contributed by atoms with Crippen LogP contribution in [0.15, 0.2) is 4.52 Å². The van der Waals surface area contributed by atoms with Crippen LogP contribution in [0, 0.1) is 0 Å². The summed E-state index contributed by atoms with van der Waals surface area (Å²) in [4.78, 5) is 15.1. The number of nitrogens with zero attached hydrogens (tertiary/aromatic N) is 2. The monoisotopic (exact) mass is 227 g/mol. The zero-order valence-electron chi connectivity index (χ0n) is 9.78. The molecule has 0 fully saturated rings. The molecule has 0 aromatic carbocycles. The molecule has 1 rings (SSSR count). The lowest BCUT2D eigenvalue weighted by atomic mass is 9.99. The van der Waals surface area contributed by atoms with Crippen molar-refractivity contribution in [2.75, 3.05) is 0 Å². The number of aryl methyl sites for hydroxylation is 1. The Bertz CT molecular complexity index is 364. The topological polar surface area (TPSA) is 88.2 Å². The summed E-state index contributed by atoms with van der Waals surface area (Å²) in [5.74, 6) is 0.164. The second kappa shape index (κ2) is 5.07. The van der Waals surface area contributed by atoms with Crippen molar-refractivity contribution in [2.24, 2.45) is 0 Å². The predicted octanol–water partition coefficient (Wildman–Crippen LogP) is 0.975. The molecule has 0 saturated heterocycles. The molecule has 1 unspecified atom stereocenters. The molecule has 0 saturated carbocycles. The molecule has 0 amide bonds. The van der Waals surface area contributed by atoms with E-state index in [9.17, 15) is 4.79 Å². The Balaban J connectivity index is 2.59. The molecule has 0 aliphatic carbocycles. The van der Waals surface area contributed by atoms with Gasteiger partial charge in [-0.15, -0.1) is 0 Å². The molecule has 0 bridgehead atoms. The van der Waals surface area contributed by atoms with Crippen molar-refractivity contribution in [1.29, 1.82) is 0 Å². The molecular formula is C10H17N3O3. The van der Waals surface area contributed by atoms with Gasteiger partial charge in [0.15, 0.2) is 5.82 Å². The SMILES string of the molecule is CCc1nc(CNC(C)(CC)C(=O)O)no1. The summed E-state index contributed by atoms with van der Waals surface area (Å²) in [6.45, 7) is 5.66. The van der Waals surface area contributed by atoms with Crippen LogP contribution in [-0.4, -0.2) is 26.8 Å². The van der Waals surface area contributed by atoms with Crippen LogP contribution in [0.2, 0.25) is 0 Å². The molecule has 1 atom stereocenters. The van der Waals surface area contributed by atoms with Crippen molar-refractivity contribution in [2.45, 2.75) is 45.7 Å². The van der Waals surface area contributed by atoms with E-state index in [1.54, 1.807) is 6.92 Å². The normalized spacial score (nSPS) is 14.7. The molecule has 1 heterocycles. The summed E-state index contributed by atoms with van der Waals surface area (Å²) in [5, 5.41) is 15.7. The first-order valence-electron chi connectivity index (χ1n) is 5.31. The van der Waals surface area contributed by atoms with Crippen molar-refractivity contribution in [1.82, 2.24) is 15.5 Å². The van der Waals surface area contributed by atoms with E-state index in [-0.39, 0.29) is 0 Å². The minimum Gasteiger partial charge on any atom is -0.480 e. The van der Waals surface area contributed by atoms with Crippen LogP contribution < -0.4 is 5.32 Å². The van der Waals surface area contributed by atoms with Gasteiger partial charge in [0.1, 0.15) is 5.54 Å². The van der Waals surface area contributed by atoms with Gasteiger partial charge in [0.2, 0.25) is 5.89 Å². The van der Waals surface area contributed by atoms with E-state index >= 15 is 0 Å². The smallest absolute Gasteiger partial charge is 0.323 e. The third-order valence-corrected chi connectivity index (χ3v) is 2.63. The molecule has 6 heteroatoms. The first-order valence-corrected chi connectivity index (χ1v) is 5.31. The molecule has 0 aliphatic rings. The van der Waals surface area contributed by atoms with Crippen LogP contribution in [0.3, 0.4) is 0 Å². The number of aromatic nitrogens is 2. The number of carboxylic acid groups (broad SMARTS) is 1. The lowest BCUT2D eigenvalue weighted by molar-refractivity contribution is -0.144. The van der Waals surface area contributed by atoms with E-state index in [0.717, 1.165) is 0 Å². The third-order valence-electron chi connectivity index (χ3n) is 2.63. The van der Waals surface area contributed by atoms with Gasteiger partial charge in [-0.1, -0.05) is 19.0 Å². The fourth-order valence-corrected chi connectivity index (χ4v) is 1.13. The van der Waals surface area contributed by atoms with Gasteiger partial charge < -0.3 is 9.63 Å². The first kappa shape index (κ1) is 12.6. The lowest BCUT2D eigenvalue weighted by Crippen LogP contribution is -2.48. The molecule has 90 valence electrons. The maximum Gasteiger partial charge on any atom is 0.323 e. The van der Waals surface area contributed by atoms with Gasteiger partial charge in [-0.25, -0.2) is 0 Å². The highest BCUT2D eigenvalue weighted by molar-refractivity contribution is 5.78. The van der Waals surface area contributed by atoms with Crippen LogP contribution in [0.25, 0.3) is 0 Å². The number of carbonyl (C=O) groups is 1. The molecule has 16 heavy (non-hydrogen) atoms. The van der Waals surface area contributed by atoms with Crippen molar-refractivity contribution >= 4 is 5.97 Å². The van der Waals surface area contributed by atoms with Gasteiger partial charge in [0.05, 0.1) is 6.54 Å². The molecule has 1 aromatic rings. The Morgan fingerprint density at radius 1 is 1.56 bits per heavy atom. The van der Waals surface area contributed by atoms with E-state index in [0.29, 0.717) is 31.1 Å². The largest absolute Gasteiger partial charge is 0.480 e. The van der Waals surface area contributed by atoms with Crippen LogP contribution in [0.1, 0.15) is 38.9 Å². The second-order valence-electron chi connectivity index (χ2n) is 3.80. The maximum absolute atomic E-state index is 11.0. The molecule has 6 nitrogen and oxygen atoms in total. The van der Waals surface area contributed by atoms with Crippen molar-refractivity contribution in [3.8, 4) is 0 Å². The Morgan fingerprint density at radius 3 is 2.69 bits per heavy atom. The van der Waals surface area contributed by atoms with Gasteiger partial charge in [-0.2, -0.15) is 4.98 Å². The summed E-state index contributed by atoms with van der Waals surface area (Å²) in [5.41, 5.74) is -0.951. The number of aliphatic carboxylic acids is 1. The lowest BCUT2D eigenvalue weighted by Gasteiger charge is -2.23. The molecule has 0 radical (unpaired) electrons. The van der Waals surface area contributed by atoms with Gasteiger partial charge >= 0.3 is 5.97 Å². The van der Waals surface area contributed by atoms with Crippen LogP contribution in [0.4, 0.5) is 0 Å². The Kier molecular flexibility index (Phi) is 4.00.